The first-order chi connectivity index (χ1) is 7.22. The predicted octanol–water partition coefficient (Wildman–Crippen LogP) is 1.64. The molecule has 6 nitrogen and oxygen atoms in total. The van der Waals surface area contributed by atoms with E-state index in [1.165, 1.54) is 13.2 Å². The van der Waals surface area contributed by atoms with Crippen LogP contribution in [0.15, 0.2) is 40.5 Å². The highest BCUT2D eigenvalue weighted by molar-refractivity contribution is 5.82. The molecule has 1 rings (SSSR count). The van der Waals surface area contributed by atoms with Crippen LogP contribution < -0.4 is 0 Å². The third-order valence-corrected chi connectivity index (χ3v) is 1.38. The number of hydrogen-bond acceptors (Lipinski definition) is 6. The molecule has 0 saturated carbocycles. The molecule has 0 radical (unpaired) electrons. The minimum atomic E-state index is -0.472. The number of nitrogens with zero attached hydrogens (tertiary/aromatic N) is 4. The standard InChI is InChI=1S/C9H10N4O2/c1-7(6-8(14)15-2)12-13-9-10-4-3-5-11-9/h3-6H,1-2H3/b7-6+,13-12?. The highest BCUT2D eigenvalue weighted by atomic mass is 16.5. The maximum Gasteiger partial charge on any atom is 0.332 e. The van der Waals surface area contributed by atoms with Crippen LogP contribution in [0.25, 0.3) is 0 Å². The largest absolute Gasteiger partial charge is 0.466 e. The molecule has 1 aromatic rings. The molecule has 0 N–H and O–H groups in total. The van der Waals surface area contributed by atoms with E-state index in [9.17, 15) is 4.79 Å². The summed E-state index contributed by atoms with van der Waals surface area (Å²) >= 11 is 0. The summed E-state index contributed by atoms with van der Waals surface area (Å²) in [5.41, 5.74) is 0.425. The van der Waals surface area contributed by atoms with E-state index in [4.69, 9.17) is 0 Å². The molecule has 6 heteroatoms. The zero-order chi connectivity index (χ0) is 11.1. The van der Waals surface area contributed by atoms with E-state index >= 15 is 0 Å². The summed E-state index contributed by atoms with van der Waals surface area (Å²) < 4.78 is 4.42. The second-order valence-corrected chi connectivity index (χ2v) is 2.56. The fraction of sp³-hybridized carbons (Fsp3) is 0.222. The molecule has 15 heavy (non-hydrogen) atoms. The lowest BCUT2D eigenvalue weighted by atomic mass is 10.4. The lowest BCUT2D eigenvalue weighted by Gasteiger charge is -1.91. The van der Waals surface area contributed by atoms with Crippen molar-refractivity contribution in [1.29, 1.82) is 0 Å². The molecule has 0 saturated heterocycles. The maximum atomic E-state index is 10.8. The number of allylic oxidation sites excluding steroid dienone is 1. The molecule has 0 aliphatic rings. The Morgan fingerprint density at radius 2 is 2.13 bits per heavy atom. The van der Waals surface area contributed by atoms with E-state index in [-0.39, 0.29) is 5.95 Å². The van der Waals surface area contributed by atoms with Gasteiger partial charge in [-0.3, -0.25) is 0 Å². The zero-order valence-electron chi connectivity index (χ0n) is 8.41. The van der Waals surface area contributed by atoms with Crippen LogP contribution in [0, 0.1) is 0 Å². The van der Waals surface area contributed by atoms with E-state index in [0.717, 1.165) is 0 Å². The molecular formula is C9H10N4O2. The second-order valence-electron chi connectivity index (χ2n) is 2.56. The monoisotopic (exact) mass is 206 g/mol. The van der Waals surface area contributed by atoms with Crippen molar-refractivity contribution in [1.82, 2.24) is 9.97 Å². The van der Waals surface area contributed by atoms with Crippen LogP contribution in [0.5, 0.6) is 0 Å². The fourth-order valence-electron chi connectivity index (χ4n) is 0.725. The Kier molecular flexibility index (Phi) is 4.08. The molecular weight excluding hydrogens is 196 g/mol. The van der Waals surface area contributed by atoms with Crippen molar-refractivity contribution in [3.8, 4) is 0 Å². The number of methoxy groups -OCH3 is 1. The molecule has 1 heterocycles. The van der Waals surface area contributed by atoms with Crippen LogP contribution in [0.1, 0.15) is 6.92 Å². The number of carbonyl (C=O) groups is 1. The first-order valence-electron chi connectivity index (χ1n) is 4.17. The molecule has 0 aliphatic heterocycles. The summed E-state index contributed by atoms with van der Waals surface area (Å²) in [7, 11) is 1.30. The van der Waals surface area contributed by atoms with Crippen LogP contribution in [0.4, 0.5) is 5.95 Å². The van der Waals surface area contributed by atoms with Gasteiger partial charge in [0.1, 0.15) is 0 Å². The van der Waals surface area contributed by atoms with Crippen molar-refractivity contribution in [2.45, 2.75) is 6.92 Å². The molecule has 0 bridgehead atoms. The van der Waals surface area contributed by atoms with Crippen molar-refractivity contribution in [3.63, 3.8) is 0 Å². The van der Waals surface area contributed by atoms with Gasteiger partial charge in [-0.15, -0.1) is 5.11 Å². The second kappa shape index (κ2) is 5.58. The Morgan fingerprint density at radius 3 is 2.73 bits per heavy atom. The van der Waals surface area contributed by atoms with Crippen molar-refractivity contribution < 1.29 is 9.53 Å². The van der Waals surface area contributed by atoms with E-state index in [1.807, 2.05) is 0 Å². The first-order valence-corrected chi connectivity index (χ1v) is 4.17. The zero-order valence-corrected chi connectivity index (χ0v) is 8.41. The third-order valence-electron chi connectivity index (χ3n) is 1.38. The SMILES string of the molecule is COC(=O)/C=C(\C)N=Nc1ncccn1. The summed E-state index contributed by atoms with van der Waals surface area (Å²) in [6.45, 7) is 1.63. The molecule has 0 amide bonds. The first kappa shape index (κ1) is 11.0. The molecule has 0 fully saturated rings. The Labute approximate surface area is 86.7 Å². The molecule has 0 spiro atoms. The minimum Gasteiger partial charge on any atom is -0.466 e. The van der Waals surface area contributed by atoms with Gasteiger partial charge in [-0.1, -0.05) is 0 Å². The number of ether oxygens (including phenoxy) is 1. The van der Waals surface area contributed by atoms with E-state index in [2.05, 4.69) is 24.9 Å². The van der Waals surface area contributed by atoms with Gasteiger partial charge in [-0.25, -0.2) is 14.8 Å². The Balaban J connectivity index is 2.66. The van der Waals surface area contributed by atoms with Gasteiger partial charge in [0.15, 0.2) is 0 Å². The third kappa shape index (κ3) is 4.08. The van der Waals surface area contributed by atoms with E-state index in [0.29, 0.717) is 5.70 Å². The van der Waals surface area contributed by atoms with Crippen molar-refractivity contribution in [3.05, 3.63) is 30.2 Å². The fourth-order valence-corrected chi connectivity index (χ4v) is 0.725. The maximum absolute atomic E-state index is 10.8. The van der Waals surface area contributed by atoms with Crippen LogP contribution in [-0.4, -0.2) is 23.0 Å². The number of aromatic nitrogens is 2. The van der Waals surface area contributed by atoms with Gasteiger partial charge in [0.05, 0.1) is 12.8 Å². The van der Waals surface area contributed by atoms with Crippen LogP contribution in [0.3, 0.4) is 0 Å². The number of hydrogen-bond donors (Lipinski definition) is 0. The summed E-state index contributed by atoms with van der Waals surface area (Å²) in [5.74, 6) is -0.226. The van der Waals surface area contributed by atoms with Crippen molar-refractivity contribution >= 4 is 11.9 Å². The lowest BCUT2D eigenvalue weighted by Crippen LogP contribution is -1.94. The molecule has 0 aliphatic carbocycles. The van der Waals surface area contributed by atoms with Gasteiger partial charge in [0.2, 0.25) is 0 Å². The quantitative estimate of drug-likeness (QED) is 0.428. The number of esters is 1. The predicted molar refractivity (Wildman–Crippen MR) is 52.3 cm³/mol. The van der Waals surface area contributed by atoms with Crippen LogP contribution in [-0.2, 0) is 9.53 Å². The normalized spacial score (nSPS) is 11.7. The Hall–Kier alpha value is -2.11. The Morgan fingerprint density at radius 1 is 1.47 bits per heavy atom. The van der Waals surface area contributed by atoms with Gasteiger partial charge in [0.25, 0.3) is 5.95 Å². The van der Waals surface area contributed by atoms with Gasteiger partial charge in [0, 0.05) is 18.5 Å². The van der Waals surface area contributed by atoms with Gasteiger partial charge in [-0.05, 0) is 13.0 Å². The Bertz CT molecular complexity index is 386. The summed E-state index contributed by atoms with van der Waals surface area (Å²) in [4.78, 5) is 18.5. The van der Waals surface area contributed by atoms with Crippen LogP contribution >= 0.6 is 0 Å². The van der Waals surface area contributed by atoms with Crippen molar-refractivity contribution in [2.75, 3.05) is 7.11 Å². The topological polar surface area (TPSA) is 76.8 Å². The van der Waals surface area contributed by atoms with Gasteiger partial charge >= 0.3 is 5.97 Å². The average Bonchev–Trinajstić information content (AvgIpc) is 2.27. The van der Waals surface area contributed by atoms with E-state index in [1.54, 1.807) is 25.4 Å². The number of azo groups is 1. The van der Waals surface area contributed by atoms with E-state index < -0.39 is 5.97 Å². The molecule has 78 valence electrons. The molecule has 0 unspecified atom stereocenters. The highest BCUT2D eigenvalue weighted by Crippen LogP contribution is 2.04. The molecule has 0 aromatic carbocycles. The smallest absolute Gasteiger partial charge is 0.332 e. The van der Waals surface area contributed by atoms with Gasteiger partial charge < -0.3 is 4.74 Å². The van der Waals surface area contributed by atoms with Crippen molar-refractivity contribution in [2.24, 2.45) is 10.2 Å². The molecule has 1 aromatic heterocycles. The average molecular weight is 206 g/mol. The van der Waals surface area contributed by atoms with Gasteiger partial charge in [-0.2, -0.15) is 5.11 Å². The minimum absolute atomic E-state index is 0.245. The summed E-state index contributed by atoms with van der Waals surface area (Å²) in [6.07, 6.45) is 4.34. The number of rotatable bonds is 3. The summed E-state index contributed by atoms with van der Waals surface area (Å²) in [6, 6.07) is 1.68. The molecule has 0 atom stereocenters. The van der Waals surface area contributed by atoms with Crippen LogP contribution in [0.2, 0.25) is 0 Å². The lowest BCUT2D eigenvalue weighted by molar-refractivity contribution is -0.134. The summed E-state index contributed by atoms with van der Waals surface area (Å²) in [5, 5.41) is 7.46. The number of carbonyl (C=O) groups excluding carboxylic acids is 1. The highest BCUT2D eigenvalue weighted by Gasteiger charge is 1.95.